The third-order valence-corrected chi connectivity index (χ3v) is 10.7. The zero-order valence-electron chi connectivity index (χ0n) is 19.6. The number of Topliss-reactive ketones (excluding diaryl/α,β-unsaturated/α-hetero) is 1. The number of allylic oxidation sites excluding steroid dienone is 1. The Labute approximate surface area is 189 Å². The van der Waals surface area contributed by atoms with Crippen LogP contribution in [0.4, 0.5) is 0 Å². The Balaban J connectivity index is 1.45. The van der Waals surface area contributed by atoms with Crippen LogP contribution in [0.25, 0.3) is 0 Å². The summed E-state index contributed by atoms with van der Waals surface area (Å²) in [4.78, 5) is 38.7. The predicted molar refractivity (Wildman–Crippen MR) is 114 cm³/mol. The number of carbonyl (C=O) groups excluding carboxylic acids is 3. The highest BCUT2D eigenvalue weighted by molar-refractivity contribution is 6.01. The fourth-order valence-corrected chi connectivity index (χ4v) is 9.39. The van der Waals surface area contributed by atoms with Crippen LogP contribution in [-0.4, -0.2) is 43.1 Å². The zero-order chi connectivity index (χ0) is 22.7. The first kappa shape index (κ1) is 21.0. The van der Waals surface area contributed by atoms with Crippen molar-refractivity contribution in [1.29, 1.82) is 0 Å². The molecule has 4 saturated carbocycles. The lowest BCUT2D eigenvalue weighted by Crippen LogP contribution is -2.64. The van der Waals surface area contributed by atoms with Crippen LogP contribution >= 0.6 is 0 Å². The van der Waals surface area contributed by atoms with E-state index in [2.05, 4.69) is 26.8 Å². The predicted octanol–water partition coefficient (Wildman–Crippen LogP) is 3.62. The molecule has 0 aromatic rings. The van der Waals surface area contributed by atoms with Crippen molar-refractivity contribution >= 4 is 18.0 Å². The van der Waals surface area contributed by atoms with Crippen molar-refractivity contribution in [2.24, 2.45) is 39.4 Å². The Kier molecular flexibility index (Phi) is 4.02. The molecule has 5 aliphatic carbocycles. The highest BCUT2D eigenvalue weighted by Gasteiger charge is 2.83. The second-order valence-corrected chi connectivity index (χ2v) is 12.0. The van der Waals surface area contributed by atoms with Crippen LogP contribution in [0, 0.1) is 39.4 Å². The standard InChI is InChI=1S/C26H34O6/c1-15(28)32-19-12-23(4)13-21(29)24(14-27)17-7-8-26(30-9-10-31-26)22(2,3)16(17)5-6-20(24)25(23)11-18(19)25/h5,14,17-20H,6-13H2,1-4H3/t17-,18-,19-,20?,23-,24+,25-/m0/s1. The Morgan fingerprint density at radius 3 is 2.56 bits per heavy atom. The highest BCUT2D eigenvalue weighted by atomic mass is 16.7. The Morgan fingerprint density at radius 2 is 1.91 bits per heavy atom. The SMILES string of the molecule is CC(=O)O[C@H]1C[C@@]2(C)CC(=O)[C@@]3(C=O)C(CC=C4[C@@H]3CCC3(OCCO3)C4(C)C)[C@@]23C[C@@H]13. The van der Waals surface area contributed by atoms with E-state index in [1.807, 2.05) is 0 Å². The summed E-state index contributed by atoms with van der Waals surface area (Å²) >= 11 is 0. The summed E-state index contributed by atoms with van der Waals surface area (Å²) in [6.45, 7) is 9.13. The van der Waals surface area contributed by atoms with Gasteiger partial charge in [0.1, 0.15) is 18.2 Å². The van der Waals surface area contributed by atoms with Gasteiger partial charge in [-0.2, -0.15) is 0 Å². The van der Waals surface area contributed by atoms with E-state index in [-0.39, 0.29) is 46.4 Å². The van der Waals surface area contributed by atoms with Crippen LogP contribution in [0.5, 0.6) is 0 Å². The molecule has 1 aliphatic heterocycles. The Morgan fingerprint density at radius 1 is 1.19 bits per heavy atom. The number of hydrogen-bond donors (Lipinski definition) is 0. The van der Waals surface area contributed by atoms with Gasteiger partial charge >= 0.3 is 5.97 Å². The Bertz CT molecular complexity index is 944. The van der Waals surface area contributed by atoms with E-state index in [1.165, 1.54) is 6.92 Å². The van der Waals surface area contributed by atoms with E-state index in [0.29, 0.717) is 32.5 Å². The Hall–Kier alpha value is -1.53. The number of fused-ring (bicyclic) bond motifs is 3. The molecule has 0 aromatic heterocycles. The largest absolute Gasteiger partial charge is 0.462 e. The molecular weight excluding hydrogens is 408 g/mol. The topological polar surface area (TPSA) is 78.9 Å². The molecular formula is C26H34O6. The van der Waals surface area contributed by atoms with Gasteiger partial charge in [0.2, 0.25) is 0 Å². The minimum atomic E-state index is -0.985. The van der Waals surface area contributed by atoms with Gasteiger partial charge in [-0.15, -0.1) is 0 Å². The maximum absolute atomic E-state index is 14.0. The monoisotopic (exact) mass is 442 g/mol. The second-order valence-electron chi connectivity index (χ2n) is 12.0. The van der Waals surface area contributed by atoms with Crippen molar-refractivity contribution in [3.8, 4) is 0 Å². The summed E-state index contributed by atoms with van der Waals surface area (Å²) in [7, 11) is 0. The zero-order valence-corrected chi connectivity index (χ0v) is 19.6. The van der Waals surface area contributed by atoms with Crippen LogP contribution in [0.15, 0.2) is 11.6 Å². The van der Waals surface area contributed by atoms with Gasteiger partial charge in [0.05, 0.1) is 18.6 Å². The summed E-state index contributed by atoms with van der Waals surface area (Å²) in [6, 6.07) is 0. The average Bonchev–Trinajstić information content (AvgIpc) is 3.21. The number of carbonyl (C=O) groups is 3. The van der Waals surface area contributed by atoms with Crippen LogP contribution in [-0.2, 0) is 28.6 Å². The van der Waals surface area contributed by atoms with Crippen molar-refractivity contribution in [3.05, 3.63) is 11.6 Å². The quantitative estimate of drug-likeness (QED) is 0.281. The molecule has 32 heavy (non-hydrogen) atoms. The molecule has 0 bridgehead atoms. The summed E-state index contributed by atoms with van der Waals surface area (Å²) in [5.41, 5.74) is -0.523. The number of hydrogen-bond acceptors (Lipinski definition) is 6. The summed E-state index contributed by atoms with van der Waals surface area (Å²) in [6.07, 6.45) is 7.41. The molecule has 0 aromatic carbocycles. The third-order valence-electron chi connectivity index (χ3n) is 10.7. The van der Waals surface area contributed by atoms with Crippen molar-refractivity contribution in [1.82, 2.24) is 0 Å². The molecule has 1 unspecified atom stereocenters. The van der Waals surface area contributed by atoms with Gasteiger partial charge in [-0.1, -0.05) is 32.4 Å². The number of rotatable bonds is 2. The first-order valence-electron chi connectivity index (χ1n) is 12.2. The van der Waals surface area contributed by atoms with Crippen molar-refractivity contribution < 1.29 is 28.6 Å². The number of aldehydes is 1. The van der Waals surface area contributed by atoms with E-state index in [9.17, 15) is 14.4 Å². The fourth-order valence-electron chi connectivity index (χ4n) is 9.39. The van der Waals surface area contributed by atoms with Gasteiger partial charge in [-0.25, -0.2) is 0 Å². The molecule has 1 saturated heterocycles. The van der Waals surface area contributed by atoms with E-state index < -0.39 is 16.6 Å². The molecule has 6 aliphatic rings. The lowest BCUT2D eigenvalue weighted by molar-refractivity contribution is -0.240. The summed E-state index contributed by atoms with van der Waals surface area (Å²) in [5.74, 6) is -0.689. The molecule has 6 rings (SSSR count). The molecule has 1 heterocycles. The molecule has 0 radical (unpaired) electrons. The van der Waals surface area contributed by atoms with Crippen molar-refractivity contribution in [2.45, 2.75) is 78.1 Å². The summed E-state index contributed by atoms with van der Waals surface area (Å²) in [5, 5.41) is 0. The molecule has 0 amide bonds. The van der Waals surface area contributed by atoms with Gasteiger partial charge in [0.25, 0.3) is 0 Å². The number of ketones is 1. The fraction of sp³-hybridized carbons (Fsp3) is 0.808. The van der Waals surface area contributed by atoms with E-state index in [1.54, 1.807) is 0 Å². The molecule has 6 nitrogen and oxygen atoms in total. The van der Waals surface area contributed by atoms with E-state index >= 15 is 0 Å². The molecule has 0 N–H and O–H groups in total. The average molecular weight is 443 g/mol. The lowest BCUT2D eigenvalue weighted by atomic mass is 9.41. The van der Waals surface area contributed by atoms with Crippen molar-refractivity contribution in [2.75, 3.05) is 13.2 Å². The number of esters is 1. The van der Waals surface area contributed by atoms with Crippen LogP contribution in [0.2, 0.25) is 0 Å². The lowest BCUT2D eigenvalue weighted by Gasteiger charge is -2.61. The van der Waals surface area contributed by atoms with Gasteiger partial charge in [0, 0.05) is 37.0 Å². The maximum Gasteiger partial charge on any atom is 0.302 e. The normalized spacial score (nSPS) is 49.4. The van der Waals surface area contributed by atoms with Crippen molar-refractivity contribution in [3.63, 3.8) is 0 Å². The van der Waals surface area contributed by atoms with Crippen LogP contribution < -0.4 is 0 Å². The molecule has 174 valence electrons. The molecule has 2 spiro atoms. The van der Waals surface area contributed by atoms with Gasteiger partial charge in [-0.3, -0.25) is 9.59 Å². The molecule has 6 heteroatoms. The summed E-state index contributed by atoms with van der Waals surface area (Å²) < 4.78 is 18.0. The highest BCUT2D eigenvalue weighted by Crippen LogP contribution is 2.83. The molecule has 7 atom stereocenters. The number of ether oxygens (including phenoxy) is 3. The van der Waals surface area contributed by atoms with E-state index in [4.69, 9.17) is 14.2 Å². The van der Waals surface area contributed by atoms with Gasteiger partial charge in [0.15, 0.2) is 5.79 Å². The van der Waals surface area contributed by atoms with Gasteiger partial charge in [-0.05, 0) is 42.4 Å². The third kappa shape index (κ3) is 2.13. The first-order valence-corrected chi connectivity index (χ1v) is 12.2. The maximum atomic E-state index is 14.0. The van der Waals surface area contributed by atoms with Crippen LogP contribution in [0.1, 0.15) is 66.2 Å². The molecule has 5 fully saturated rings. The minimum Gasteiger partial charge on any atom is -0.462 e. The van der Waals surface area contributed by atoms with E-state index in [0.717, 1.165) is 31.1 Å². The van der Waals surface area contributed by atoms with Crippen LogP contribution in [0.3, 0.4) is 0 Å². The first-order chi connectivity index (χ1) is 15.1. The smallest absolute Gasteiger partial charge is 0.302 e. The van der Waals surface area contributed by atoms with Gasteiger partial charge < -0.3 is 19.0 Å². The minimum absolute atomic E-state index is 0.0201. The second kappa shape index (κ2) is 6.12.